The average molecular weight is 273 g/mol. The molecule has 0 fully saturated rings. The minimum atomic E-state index is -0.264. The first-order valence-corrected chi connectivity index (χ1v) is 6.36. The zero-order valence-corrected chi connectivity index (χ0v) is 11.7. The summed E-state index contributed by atoms with van der Waals surface area (Å²) >= 11 is 0. The Morgan fingerprint density at radius 2 is 2.05 bits per heavy atom. The number of imidazole rings is 1. The molecule has 0 aliphatic heterocycles. The Bertz CT molecular complexity index is 800. The van der Waals surface area contributed by atoms with Crippen LogP contribution in [0.5, 0.6) is 0 Å². The summed E-state index contributed by atoms with van der Waals surface area (Å²) in [5.74, 6) is 0.118. The molecule has 0 radical (unpaired) electrons. The van der Waals surface area contributed by atoms with Crippen LogP contribution >= 0.6 is 0 Å². The maximum absolute atomic E-state index is 13.6. The first-order valence-electron chi connectivity index (χ1n) is 6.36. The van der Waals surface area contributed by atoms with Gasteiger partial charge in [0.1, 0.15) is 5.82 Å². The summed E-state index contributed by atoms with van der Waals surface area (Å²) in [5.41, 5.74) is 10.1. The molecule has 0 unspecified atom stereocenters. The van der Waals surface area contributed by atoms with Gasteiger partial charge in [0, 0.05) is 24.4 Å². The van der Waals surface area contributed by atoms with Gasteiger partial charge in [0.05, 0.1) is 23.8 Å². The van der Waals surface area contributed by atoms with E-state index in [-0.39, 0.29) is 5.82 Å². The van der Waals surface area contributed by atoms with E-state index in [2.05, 4.69) is 10.1 Å². The third kappa shape index (κ3) is 1.84. The second kappa shape index (κ2) is 4.33. The molecule has 5 nitrogen and oxygen atoms in total. The number of hydrogen-bond donors (Lipinski definition) is 1. The molecule has 3 rings (SSSR count). The minimum Gasteiger partial charge on any atom is -0.369 e. The number of halogens is 1. The van der Waals surface area contributed by atoms with E-state index in [9.17, 15) is 4.39 Å². The highest BCUT2D eigenvalue weighted by atomic mass is 19.1. The van der Waals surface area contributed by atoms with Gasteiger partial charge in [-0.15, -0.1) is 0 Å². The summed E-state index contributed by atoms with van der Waals surface area (Å²) in [4.78, 5) is 4.22. The van der Waals surface area contributed by atoms with Crippen molar-refractivity contribution in [2.24, 2.45) is 7.05 Å². The van der Waals surface area contributed by atoms with Crippen molar-refractivity contribution in [1.82, 2.24) is 19.3 Å². The Hall–Kier alpha value is -2.37. The summed E-state index contributed by atoms with van der Waals surface area (Å²) in [6.07, 6.45) is 1.82. The largest absolute Gasteiger partial charge is 0.369 e. The van der Waals surface area contributed by atoms with Gasteiger partial charge in [0.25, 0.3) is 0 Å². The lowest BCUT2D eigenvalue weighted by Crippen LogP contribution is -2.05. The van der Waals surface area contributed by atoms with Crippen molar-refractivity contribution in [3.63, 3.8) is 0 Å². The number of aromatic nitrogens is 4. The highest BCUT2D eigenvalue weighted by molar-refractivity contribution is 5.79. The quantitative estimate of drug-likeness (QED) is 0.778. The fourth-order valence-electron chi connectivity index (χ4n) is 2.30. The third-order valence-corrected chi connectivity index (χ3v) is 3.72. The fraction of sp³-hybridized carbons (Fsp3) is 0.286. The van der Waals surface area contributed by atoms with Gasteiger partial charge >= 0.3 is 0 Å². The van der Waals surface area contributed by atoms with E-state index in [4.69, 9.17) is 5.73 Å². The van der Waals surface area contributed by atoms with Crippen LogP contribution in [0.15, 0.2) is 18.3 Å². The van der Waals surface area contributed by atoms with Gasteiger partial charge in [0.2, 0.25) is 5.95 Å². The highest BCUT2D eigenvalue weighted by Crippen LogP contribution is 2.23. The fourth-order valence-corrected chi connectivity index (χ4v) is 2.30. The van der Waals surface area contributed by atoms with E-state index in [1.54, 1.807) is 13.0 Å². The van der Waals surface area contributed by atoms with Crippen LogP contribution in [-0.2, 0) is 13.6 Å². The first-order chi connectivity index (χ1) is 9.47. The number of anilines is 1. The molecule has 1 aromatic carbocycles. The molecule has 3 aromatic rings. The maximum atomic E-state index is 13.6. The molecule has 0 saturated carbocycles. The Morgan fingerprint density at radius 3 is 2.70 bits per heavy atom. The van der Waals surface area contributed by atoms with Crippen molar-refractivity contribution in [1.29, 1.82) is 0 Å². The van der Waals surface area contributed by atoms with Crippen molar-refractivity contribution in [3.05, 3.63) is 41.0 Å². The van der Waals surface area contributed by atoms with Gasteiger partial charge in [0.15, 0.2) is 0 Å². The van der Waals surface area contributed by atoms with Gasteiger partial charge < -0.3 is 10.3 Å². The van der Waals surface area contributed by atoms with Crippen LogP contribution in [0.2, 0.25) is 0 Å². The van der Waals surface area contributed by atoms with Gasteiger partial charge in [-0.1, -0.05) is 0 Å². The zero-order chi connectivity index (χ0) is 14.4. The SMILES string of the molecule is Cc1cc2c(cc1F)nc(N)n2Cc1cnn(C)c1C. The molecule has 2 aromatic heterocycles. The molecular formula is C14H16FN5. The Morgan fingerprint density at radius 1 is 1.30 bits per heavy atom. The van der Waals surface area contributed by atoms with Crippen molar-refractivity contribution in [2.75, 3.05) is 5.73 Å². The number of rotatable bonds is 2. The van der Waals surface area contributed by atoms with Crippen LogP contribution in [0.1, 0.15) is 16.8 Å². The van der Waals surface area contributed by atoms with E-state index in [1.165, 1.54) is 6.07 Å². The lowest BCUT2D eigenvalue weighted by molar-refractivity contribution is 0.620. The molecule has 0 spiro atoms. The monoisotopic (exact) mass is 273 g/mol. The lowest BCUT2D eigenvalue weighted by atomic mass is 10.2. The molecule has 0 bridgehead atoms. The van der Waals surface area contributed by atoms with Crippen LogP contribution in [-0.4, -0.2) is 19.3 Å². The molecule has 0 aliphatic rings. The van der Waals surface area contributed by atoms with E-state index in [0.717, 1.165) is 16.8 Å². The third-order valence-electron chi connectivity index (χ3n) is 3.72. The molecule has 0 atom stereocenters. The van der Waals surface area contributed by atoms with Crippen LogP contribution < -0.4 is 5.73 Å². The van der Waals surface area contributed by atoms with Gasteiger partial charge in [-0.3, -0.25) is 4.68 Å². The number of nitrogens with zero attached hydrogens (tertiary/aromatic N) is 4. The van der Waals surface area contributed by atoms with Gasteiger partial charge in [-0.05, 0) is 25.5 Å². The first kappa shape index (κ1) is 12.7. The molecule has 6 heteroatoms. The minimum absolute atomic E-state index is 0.264. The molecule has 104 valence electrons. The Balaban J connectivity index is 2.13. The van der Waals surface area contributed by atoms with Crippen LogP contribution in [0.3, 0.4) is 0 Å². The molecule has 2 N–H and O–H groups in total. The molecule has 0 aliphatic carbocycles. The molecule has 0 saturated heterocycles. The highest BCUT2D eigenvalue weighted by Gasteiger charge is 2.13. The molecule has 20 heavy (non-hydrogen) atoms. The summed E-state index contributed by atoms with van der Waals surface area (Å²) in [5, 5.41) is 4.22. The van der Waals surface area contributed by atoms with Crippen molar-refractivity contribution in [2.45, 2.75) is 20.4 Å². The molecule has 0 amide bonds. The smallest absolute Gasteiger partial charge is 0.201 e. The van der Waals surface area contributed by atoms with Gasteiger partial charge in [-0.2, -0.15) is 5.10 Å². The summed E-state index contributed by atoms with van der Waals surface area (Å²) in [6, 6.07) is 3.20. The number of aryl methyl sites for hydroxylation is 2. The van der Waals surface area contributed by atoms with Crippen molar-refractivity contribution in [3.8, 4) is 0 Å². The standard InChI is InChI=1S/C14H16FN5/c1-8-4-13-12(5-11(8)15)18-14(16)20(13)7-10-6-17-19(3)9(10)2/h4-6H,7H2,1-3H3,(H2,16,18). The number of fused-ring (bicyclic) bond motifs is 1. The number of nitrogen functional groups attached to an aromatic ring is 1. The van der Waals surface area contributed by atoms with Gasteiger partial charge in [-0.25, -0.2) is 9.37 Å². The van der Waals surface area contributed by atoms with E-state index in [0.29, 0.717) is 23.6 Å². The molecular weight excluding hydrogens is 257 g/mol. The number of hydrogen-bond acceptors (Lipinski definition) is 3. The van der Waals surface area contributed by atoms with Crippen LogP contribution in [0.4, 0.5) is 10.3 Å². The van der Waals surface area contributed by atoms with Crippen molar-refractivity contribution < 1.29 is 4.39 Å². The predicted octanol–water partition coefficient (Wildman–Crippen LogP) is 2.16. The summed E-state index contributed by atoms with van der Waals surface area (Å²) in [6.45, 7) is 4.31. The Kier molecular flexibility index (Phi) is 2.74. The number of benzene rings is 1. The number of nitrogens with two attached hydrogens (primary N) is 1. The topological polar surface area (TPSA) is 61.7 Å². The van der Waals surface area contributed by atoms with Crippen molar-refractivity contribution >= 4 is 17.0 Å². The van der Waals surface area contributed by atoms with E-state index >= 15 is 0 Å². The second-order valence-electron chi connectivity index (χ2n) is 5.03. The van der Waals surface area contributed by atoms with E-state index in [1.807, 2.05) is 29.4 Å². The van der Waals surface area contributed by atoms with Crippen LogP contribution in [0, 0.1) is 19.7 Å². The van der Waals surface area contributed by atoms with Crippen LogP contribution in [0.25, 0.3) is 11.0 Å². The zero-order valence-electron chi connectivity index (χ0n) is 11.7. The second-order valence-corrected chi connectivity index (χ2v) is 5.03. The predicted molar refractivity (Wildman–Crippen MR) is 75.9 cm³/mol. The summed E-state index contributed by atoms with van der Waals surface area (Å²) in [7, 11) is 1.90. The lowest BCUT2D eigenvalue weighted by Gasteiger charge is -2.07. The average Bonchev–Trinajstić information content (AvgIpc) is 2.86. The Labute approximate surface area is 115 Å². The van der Waals surface area contributed by atoms with E-state index < -0.39 is 0 Å². The summed E-state index contributed by atoms with van der Waals surface area (Å²) < 4.78 is 17.3. The maximum Gasteiger partial charge on any atom is 0.201 e. The normalized spacial score (nSPS) is 11.4. The molecule has 2 heterocycles.